The van der Waals surface area contributed by atoms with Gasteiger partial charge in [0.05, 0.1) is 27.6 Å². The van der Waals surface area contributed by atoms with Gasteiger partial charge in [0, 0.05) is 6.42 Å². The number of Topliss-reactive ketones (excluding diaryl/α,β-unsaturated/α-hetero) is 1. The molecule has 1 unspecified atom stereocenters. The van der Waals surface area contributed by atoms with E-state index in [1.807, 2.05) is 35.0 Å². The Kier molecular flexibility index (Phi) is 5.29. The van der Waals surface area contributed by atoms with Crippen molar-refractivity contribution in [2.45, 2.75) is 32.3 Å². The van der Waals surface area contributed by atoms with Gasteiger partial charge in [0.2, 0.25) is 0 Å². The van der Waals surface area contributed by atoms with Crippen LogP contribution < -0.4 is 0 Å². The molecule has 0 rings (SSSR count). The van der Waals surface area contributed by atoms with E-state index >= 15 is 0 Å². The van der Waals surface area contributed by atoms with E-state index in [1.165, 1.54) is 0 Å². The number of carboxylic acid groups (broad SMARTS) is 1. The average Bonchev–Trinajstić information content (AvgIpc) is 1.96. The third kappa shape index (κ3) is 6.38. The van der Waals surface area contributed by atoms with Gasteiger partial charge in [-0.2, -0.15) is 0 Å². The van der Waals surface area contributed by atoms with Gasteiger partial charge in [-0.25, -0.2) is 0 Å². The Hall–Kier alpha value is -0.940. The van der Waals surface area contributed by atoms with Crippen LogP contribution in [0.15, 0.2) is 0 Å². The minimum atomic E-state index is -1.77. The van der Waals surface area contributed by atoms with Gasteiger partial charge in [0.25, 0.3) is 0 Å². The molecule has 5 heteroatoms. The molecule has 0 aromatic carbocycles. The topological polar surface area (TPSA) is 74.6 Å². The second-order valence-electron chi connectivity index (χ2n) is 6.07. The largest absolute Gasteiger partial charge is 0.481 e. The van der Waals surface area contributed by atoms with Crippen LogP contribution in [0.25, 0.3) is 0 Å². The van der Waals surface area contributed by atoms with Crippen LogP contribution in [0.2, 0.25) is 0 Å². The van der Waals surface area contributed by atoms with Gasteiger partial charge in [-0.05, 0) is 5.92 Å². The van der Waals surface area contributed by atoms with Crippen molar-refractivity contribution in [3.8, 4) is 0 Å². The maximum atomic E-state index is 12.0. The molecule has 0 aliphatic carbocycles. The molecular formula is C12H24NO4+. The zero-order valence-corrected chi connectivity index (χ0v) is 11.4. The SMILES string of the molecule is CC(C)CC(=O)C(O)(CC(=O)O)C[N+](C)(C)C. The molecule has 0 aromatic rings. The summed E-state index contributed by atoms with van der Waals surface area (Å²) in [6, 6.07) is 0. The van der Waals surface area contributed by atoms with E-state index in [2.05, 4.69) is 0 Å². The zero-order valence-electron chi connectivity index (χ0n) is 11.4. The number of carbonyl (C=O) groups is 2. The van der Waals surface area contributed by atoms with Gasteiger partial charge in [-0.3, -0.25) is 9.59 Å². The highest BCUT2D eigenvalue weighted by Crippen LogP contribution is 2.20. The second kappa shape index (κ2) is 5.60. The van der Waals surface area contributed by atoms with Crippen LogP contribution in [0.1, 0.15) is 26.7 Å². The van der Waals surface area contributed by atoms with Crippen LogP contribution in [0.5, 0.6) is 0 Å². The molecule has 0 heterocycles. The molecule has 0 bridgehead atoms. The molecule has 2 N–H and O–H groups in total. The van der Waals surface area contributed by atoms with E-state index in [0.29, 0.717) is 4.48 Å². The summed E-state index contributed by atoms with van der Waals surface area (Å²) in [7, 11) is 5.44. The smallest absolute Gasteiger partial charge is 0.306 e. The lowest BCUT2D eigenvalue weighted by Crippen LogP contribution is -2.55. The highest BCUT2D eigenvalue weighted by Gasteiger charge is 2.42. The van der Waals surface area contributed by atoms with Gasteiger partial charge in [0.15, 0.2) is 11.4 Å². The van der Waals surface area contributed by atoms with Crippen molar-refractivity contribution in [2.75, 3.05) is 27.7 Å². The first-order valence-electron chi connectivity index (χ1n) is 5.74. The number of carboxylic acids is 1. The first kappa shape index (κ1) is 16.1. The van der Waals surface area contributed by atoms with Crippen molar-refractivity contribution in [1.82, 2.24) is 0 Å². The lowest BCUT2D eigenvalue weighted by Gasteiger charge is -2.34. The van der Waals surface area contributed by atoms with Crippen molar-refractivity contribution >= 4 is 11.8 Å². The fourth-order valence-corrected chi connectivity index (χ4v) is 1.84. The predicted molar refractivity (Wildman–Crippen MR) is 64.6 cm³/mol. The molecule has 17 heavy (non-hydrogen) atoms. The van der Waals surface area contributed by atoms with Crippen LogP contribution in [0.3, 0.4) is 0 Å². The number of aliphatic carboxylic acids is 1. The van der Waals surface area contributed by atoms with E-state index in [1.54, 1.807) is 0 Å². The molecule has 0 radical (unpaired) electrons. The third-order valence-electron chi connectivity index (χ3n) is 2.29. The van der Waals surface area contributed by atoms with Crippen LogP contribution in [0, 0.1) is 5.92 Å². The summed E-state index contributed by atoms with van der Waals surface area (Å²) >= 11 is 0. The van der Waals surface area contributed by atoms with E-state index in [-0.39, 0.29) is 24.7 Å². The lowest BCUT2D eigenvalue weighted by molar-refractivity contribution is -0.875. The first-order valence-corrected chi connectivity index (χ1v) is 5.74. The summed E-state index contributed by atoms with van der Waals surface area (Å²) in [5.41, 5.74) is -1.77. The summed E-state index contributed by atoms with van der Waals surface area (Å²) in [6.07, 6.45) is -0.335. The Balaban J connectivity index is 4.96. The molecular weight excluding hydrogens is 222 g/mol. The van der Waals surface area contributed by atoms with Crippen molar-refractivity contribution < 1.29 is 24.3 Å². The Morgan fingerprint density at radius 2 is 1.71 bits per heavy atom. The Bertz CT molecular complexity index is 293. The quantitative estimate of drug-likeness (QED) is 0.642. The number of hydrogen-bond donors (Lipinski definition) is 2. The average molecular weight is 246 g/mol. The van der Waals surface area contributed by atoms with Crippen LogP contribution in [0.4, 0.5) is 0 Å². The monoisotopic (exact) mass is 246 g/mol. The Morgan fingerprint density at radius 1 is 1.24 bits per heavy atom. The summed E-state index contributed by atoms with van der Waals surface area (Å²) < 4.78 is 0.341. The molecule has 5 nitrogen and oxygen atoms in total. The highest BCUT2D eigenvalue weighted by atomic mass is 16.4. The van der Waals surface area contributed by atoms with Crippen molar-refractivity contribution in [1.29, 1.82) is 0 Å². The number of quaternary nitrogens is 1. The van der Waals surface area contributed by atoms with E-state index < -0.39 is 18.0 Å². The van der Waals surface area contributed by atoms with E-state index in [0.717, 1.165) is 0 Å². The zero-order chi connectivity index (χ0) is 13.9. The molecule has 0 saturated carbocycles. The summed E-state index contributed by atoms with van der Waals surface area (Å²) in [5.74, 6) is -1.43. The molecule has 1 atom stereocenters. The third-order valence-corrected chi connectivity index (χ3v) is 2.29. The molecule has 0 saturated heterocycles. The van der Waals surface area contributed by atoms with Gasteiger partial charge in [-0.15, -0.1) is 0 Å². The van der Waals surface area contributed by atoms with E-state index in [4.69, 9.17) is 5.11 Å². The molecule has 0 aliphatic rings. The number of aliphatic hydroxyl groups is 1. The first-order chi connectivity index (χ1) is 7.46. The molecule has 0 aliphatic heterocycles. The maximum absolute atomic E-state index is 12.0. The molecule has 0 fully saturated rings. The Labute approximate surface area is 103 Å². The second-order valence-corrected chi connectivity index (χ2v) is 6.07. The van der Waals surface area contributed by atoms with Gasteiger partial charge >= 0.3 is 5.97 Å². The fraction of sp³-hybridized carbons (Fsp3) is 0.833. The number of hydrogen-bond acceptors (Lipinski definition) is 3. The molecule has 0 amide bonds. The number of ketones is 1. The standard InChI is InChI=1S/C12H23NO4/c1-9(2)6-10(14)12(17,7-11(15)16)8-13(3,4)5/h9,17H,6-8H2,1-5H3/p+1. The lowest BCUT2D eigenvalue weighted by atomic mass is 9.88. The fourth-order valence-electron chi connectivity index (χ4n) is 1.84. The van der Waals surface area contributed by atoms with Crippen LogP contribution >= 0.6 is 0 Å². The molecule has 100 valence electrons. The molecule has 0 aromatic heterocycles. The number of likely N-dealkylation sites (N-methyl/N-ethyl adjacent to an activating group) is 1. The van der Waals surface area contributed by atoms with Crippen molar-refractivity contribution in [2.24, 2.45) is 5.92 Å². The number of nitrogens with zero attached hydrogens (tertiary/aromatic N) is 1. The van der Waals surface area contributed by atoms with Crippen molar-refractivity contribution in [3.63, 3.8) is 0 Å². The van der Waals surface area contributed by atoms with Gasteiger partial charge in [-0.1, -0.05) is 13.8 Å². The Morgan fingerprint density at radius 3 is 2.00 bits per heavy atom. The van der Waals surface area contributed by atoms with Crippen LogP contribution in [-0.4, -0.2) is 59.7 Å². The summed E-state index contributed by atoms with van der Waals surface area (Å²) in [6.45, 7) is 3.83. The summed E-state index contributed by atoms with van der Waals surface area (Å²) in [4.78, 5) is 22.7. The number of rotatable bonds is 7. The van der Waals surface area contributed by atoms with Gasteiger partial charge in [0.1, 0.15) is 6.54 Å². The maximum Gasteiger partial charge on any atom is 0.306 e. The summed E-state index contributed by atoms with van der Waals surface area (Å²) in [5, 5.41) is 19.1. The van der Waals surface area contributed by atoms with Crippen molar-refractivity contribution in [3.05, 3.63) is 0 Å². The minimum absolute atomic E-state index is 0.102. The highest BCUT2D eigenvalue weighted by molar-refractivity contribution is 5.91. The number of carbonyl (C=O) groups excluding carboxylic acids is 1. The normalized spacial score (nSPS) is 15.7. The molecule has 0 spiro atoms. The van der Waals surface area contributed by atoms with E-state index in [9.17, 15) is 14.7 Å². The minimum Gasteiger partial charge on any atom is -0.481 e. The van der Waals surface area contributed by atoms with Crippen LogP contribution in [-0.2, 0) is 9.59 Å². The van der Waals surface area contributed by atoms with Gasteiger partial charge < -0.3 is 14.7 Å². The predicted octanol–water partition coefficient (Wildman–Crippen LogP) is 0.514.